The van der Waals surface area contributed by atoms with Crippen molar-refractivity contribution in [2.75, 3.05) is 0 Å². The molecular weight excluding hydrogens is 214 g/mol. The fourth-order valence-corrected chi connectivity index (χ4v) is 2.61. The summed E-state index contributed by atoms with van der Waals surface area (Å²) >= 11 is 0. The van der Waals surface area contributed by atoms with Gasteiger partial charge in [0.1, 0.15) is 0 Å². The lowest BCUT2D eigenvalue weighted by Gasteiger charge is -2.22. The summed E-state index contributed by atoms with van der Waals surface area (Å²) in [7, 11) is 0. The Labute approximate surface area is 105 Å². The van der Waals surface area contributed by atoms with E-state index in [1.807, 2.05) is 6.92 Å². The van der Waals surface area contributed by atoms with Gasteiger partial charge in [0.15, 0.2) is 0 Å². The first-order chi connectivity index (χ1) is 8.06. The van der Waals surface area contributed by atoms with Gasteiger partial charge in [-0.25, -0.2) is 0 Å². The Balaban J connectivity index is 2.19. The van der Waals surface area contributed by atoms with Gasteiger partial charge in [-0.2, -0.15) is 0 Å². The molecule has 100 valence electrons. The van der Waals surface area contributed by atoms with Crippen molar-refractivity contribution >= 4 is 5.91 Å². The standard InChI is InChI=1S/C14H27NO2/c1-3-4-5-8-12(2)15-13(16)11-14(17)9-6-7-10-14/h12,17H,3-11H2,1-2H3,(H,15,16). The molecule has 0 aromatic carbocycles. The monoisotopic (exact) mass is 241 g/mol. The van der Waals surface area contributed by atoms with E-state index in [-0.39, 0.29) is 18.4 Å². The van der Waals surface area contributed by atoms with E-state index in [9.17, 15) is 9.90 Å². The van der Waals surface area contributed by atoms with Crippen molar-refractivity contribution in [3.05, 3.63) is 0 Å². The lowest BCUT2D eigenvalue weighted by atomic mass is 9.97. The molecule has 1 rings (SSSR count). The Kier molecular flexibility index (Phi) is 5.96. The molecule has 0 radical (unpaired) electrons. The first-order valence-electron chi connectivity index (χ1n) is 7.07. The predicted molar refractivity (Wildman–Crippen MR) is 69.8 cm³/mol. The van der Waals surface area contributed by atoms with Gasteiger partial charge in [-0.15, -0.1) is 0 Å². The van der Waals surface area contributed by atoms with Gasteiger partial charge in [-0.3, -0.25) is 4.79 Å². The van der Waals surface area contributed by atoms with Gasteiger partial charge in [0.05, 0.1) is 12.0 Å². The highest BCUT2D eigenvalue weighted by molar-refractivity contribution is 5.77. The molecule has 2 N–H and O–H groups in total. The van der Waals surface area contributed by atoms with E-state index >= 15 is 0 Å². The minimum atomic E-state index is -0.715. The molecule has 1 atom stereocenters. The van der Waals surface area contributed by atoms with Crippen molar-refractivity contribution in [3.8, 4) is 0 Å². The third kappa shape index (κ3) is 5.53. The molecule has 0 spiro atoms. The van der Waals surface area contributed by atoms with Crippen molar-refractivity contribution in [1.82, 2.24) is 5.32 Å². The number of rotatable bonds is 7. The zero-order chi connectivity index (χ0) is 12.7. The molecule has 1 aliphatic carbocycles. The molecule has 0 heterocycles. The maximum atomic E-state index is 11.8. The number of carbonyl (C=O) groups excluding carboxylic acids is 1. The lowest BCUT2D eigenvalue weighted by Crippen LogP contribution is -2.38. The topological polar surface area (TPSA) is 49.3 Å². The van der Waals surface area contributed by atoms with Crippen molar-refractivity contribution in [2.45, 2.75) is 83.3 Å². The van der Waals surface area contributed by atoms with Crippen molar-refractivity contribution in [1.29, 1.82) is 0 Å². The van der Waals surface area contributed by atoms with Crippen LogP contribution in [0.3, 0.4) is 0 Å². The summed E-state index contributed by atoms with van der Waals surface area (Å²) in [5, 5.41) is 13.1. The fraction of sp³-hybridized carbons (Fsp3) is 0.929. The van der Waals surface area contributed by atoms with Crippen LogP contribution in [0.4, 0.5) is 0 Å². The van der Waals surface area contributed by atoms with Gasteiger partial charge < -0.3 is 10.4 Å². The number of aliphatic hydroxyl groups is 1. The average molecular weight is 241 g/mol. The zero-order valence-corrected chi connectivity index (χ0v) is 11.3. The second-order valence-electron chi connectivity index (χ2n) is 5.57. The third-order valence-electron chi connectivity index (χ3n) is 3.67. The molecule has 1 saturated carbocycles. The normalized spacial score (nSPS) is 20.2. The summed E-state index contributed by atoms with van der Waals surface area (Å²) in [5.74, 6) is 0.0124. The van der Waals surface area contributed by atoms with Gasteiger partial charge in [0.25, 0.3) is 0 Å². The second-order valence-corrected chi connectivity index (χ2v) is 5.57. The molecule has 0 aromatic heterocycles. The molecule has 1 unspecified atom stereocenters. The van der Waals surface area contributed by atoms with Crippen LogP contribution in [0, 0.1) is 0 Å². The highest BCUT2D eigenvalue weighted by Gasteiger charge is 2.33. The molecule has 1 amide bonds. The van der Waals surface area contributed by atoms with Crippen LogP contribution in [-0.2, 0) is 4.79 Å². The highest BCUT2D eigenvalue weighted by atomic mass is 16.3. The maximum Gasteiger partial charge on any atom is 0.223 e. The first kappa shape index (κ1) is 14.5. The maximum absolute atomic E-state index is 11.8. The largest absolute Gasteiger partial charge is 0.389 e. The molecule has 0 bridgehead atoms. The number of carbonyl (C=O) groups is 1. The number of amides is 1. The zero-order valence-electron chi connectivity index (χ0n) is 11.3. The summed E-state index contributed by atoms with van der Waals surface area (Å²) in [5.41, 5.74) is -0.715. The Morgan fingerprint density at radius 1 is 1.35 bits per heavy atom. The Hall–Kier alpha value is -0.570. The van der Waals surface area contributed by atoms with Crippen LogP contribution < -0.4 is 5.32 Å². The Bertz CT molecular complexity index is 234. The van der Waals surface area contributed by atoms with E-state index in [1.54, 1.807) is 0 Å². The fourth-order valence-electron chi connectivity index (χ4n) is 2.61. The molecule has 3 nitrogen and oxygen atoms in total. The van der Waals surface area contributed by atoms with Crippen LogP contribution >= 0.6 is 0 Å². The smallest absolute Gasteiger partial charge is 0.223 e. The minimum Gasteiger partial charge on any atom is -0.389 e. The van der Waals surface area contributed by atoms with Crippen LogP contribution in [0.5, 0.6) is 0 Å². The molecule has 0 aromatic rings. The quantitative estimate of drug-likeness (QED) is 0.673. The highest BCUT2D eigenvalue weighted by Crippen LogP contribution is 2.32. The summed E-state index contributed by atoms with van der Waals surface area (Å²) in [4.78, 5) is 11.8. The Morgan fingerprint density at radius 2 is 2.00 bits per heavy atom. The van der Waals surface area contributed by atoms with Gasteiger partial charge in [-0.1, -0.05) is 39.0 Å². The molecule has 17 heavy (non-hydrogen) atoms. The SMILES string of the molecule is CCCCCC(C)NC(=O)CC1(O)CCCC1. The van der Waals surface area contributed by atoms with Gasteiger partial charge >= 0.3 is 0 Å². The van der Waals surface area contributed by atoms with E-state index in [2.05, 4.69) is 12.2 Å². The van der Waals surface area contributed by atoms with E-state index < -0.39 is 5.60 Å². The predicted octanol–water partition coefficient (Wildman–Crippen LogP) is 2.77. The second kappa shape index (κ2) is 7.00. The average Bonchev–Trinajstić information content (AvgIpc) is 2.64. The summed E-state index contributed by atoms with van der Waals surface area (Å²) in [6.45, 7) is 4.23. The van der Waals surface area contributed by atoms with E-state index in [4.69, 9.17) is 0 Å². The number of hydrogen-bond acceptors (Lipinski definition) is 2. The molecular formula is C14H27NO2. The van der Waals surface area contributed by atoms with Crippen molar-refractivity contribution < 1.29 is 9.90 Å². The molecule has 1 fully saturated rings. The summed E-state index contributed by atoms with van der Waals surface area (Å²) < 4.78 is 0. The third-order valence-corrected chi connectivity index (χ3v) is 3.67. The summed E-state index contributed by atoms with van der Waals surface area (Å²) in [6, 6.07) is 0.235. The molecule has 3 heteroatoms. The van der Waals surface area contributed by atoms with E-state index in [1.165, 1.54) is 19.3 Å². The van der Waals surface area contributed by atoms with Gasteiger partial charge in [-0.05, 0) is 26.2 Å². The van der Waals surface area contributed by atoms with E-state index in [0.29, 0.717) is 0 Å². The van der Waals surface area contributed by atoms with Crippen LogP contribution in [0.1, 0.15) is 71.6 Å². The van der Waals surface area contributed by atoms with Crippen LogP contribution in [-0.4, -0.2) is 22.7 Å². The molecule has 0 saturated heterocycles. The molecule has 1 aliphatic rings. The number of nitrogens with one attached hydrogen (secondary N) is 1. The Morgan fingerprint density at radius 3 is 2.59 bits per heavy atom. The molecule has 0 aliphatic heterocycles. The van der Waals surface area contributed by atoms with E-state index in [0.717, 1.165) is 32.1 Å². The van der Waals surface area contributed by atoms with Crippen LogP contribution in [0.2, 0.25) is 0 Å². The van der Waals surface area contributed by atoms with Crippen molar-refractivity contribution in [3.63, 3.8) is 0 Å². The summed E-state index contributed by atoms with van der Waals surface area (Å²) in [6.07, 6.45) is 8.59. The number of hydrogen-bond donors (Lipinski definition) is 2. The van der Waals surface area contributed by atoms with Gasteiger partial charge in [0, 0.05) is 6.04 Å². The van der Waals surface area contributed by atoms with Crippen LogP contribution in [0.25, 0.3) is 0 Å². The number of unbranched alkanes of at least 4 members (excludes halogenated alkanes) is 2. The van der Waals surface area contributed by atoms with Crippen LogP contribution in [0.15, 0.2) is 0 Å². The minimum absolute atomic E-state index is 0.0124. The van der Waals surface area contributed by atoms with Crippen molar-refractivity contribution in [2.24, 2.45) is 0 Å². The van der Waals surface area contributed by atoms with Gasteiger partial charge in [0.2, 0.25) is 5.91 Å². The first-order valence-corrected chi connectivity index (χ1v) is 7.07. The lowest BCUT2D eigenvalue weighted by molar-refractivity contribution is -0.126.